The zero-order valence-corrected chi connectivity index (χ0v) is 19.3. The van der Waals surface area contributed by atoms with E-state index in [9.17, 15) is 22.8 Å². The molecule has 0 saturated heterocycles. The van der Waals surface area contributed by atoms with Gasteiger partial charge in [-0.05, 0) is 42.8 Å². The van der Waals surface area contributed by atoms with Crippen molar-refractivity contribution in [3.63, 3.8) is 0 Å². The first-order chi connectivity index (χ1) is 16.0. The van der Waals surface area contributed by atoms with Crippen LogP contribution in [0.5, 0.6) is 5.75 Å². The fourth-order valence-electron chi connectivity index (χ4n) is 3.34. The van der Waals surface area contributed by atoms with E-state index in [1.54, 1.807) is 31.2 Å². The highest BCUT2D eigenvalue weighted by Crippen LogP contribution is 2.34. The molecular weight excluding hydrogens is 473 g/mol. The molecule has 0 spiro atoms. The molecule has 0 radical (unpaired) electrons. The van der Waals surface area contributed by atoms with Crippen LogP contribution in [0.25, 0.3) is 5.69 Å². The molecule has 1 aromatic heterocycles. The molecule has 34 heavy (non-hydrogen) atoms. The lowest BCUT2D eigenvalue weighted by atomic mass is 10.0. The van der Waals surface area contributed by atoms with Crippen molar-refractivity contribution >= 4 is 29.2 Å². The van der Waals surface area contributed by atoms with E-state index in [4.69, 9.17) is 16.3 Å². The van der Waals surface area contributed by atoms with Gasteiger partial charge in [0.2, 0.25) is 11.8 Å². The molecule has 0 aliphatic rings. The highest BCUT2D eigenvalue weighted by Gasteiger charge is 2.31. The summed E-state index contributed by atoms with van der Waals surface area (Å²) in [6.45, 7) is 2.97. The fourth-order valence-corrected chi connectivity index (χ4v) is 3.53. The molecule has 0 aliphatic carbocycles. The minimum Gasteiger partial charge on any atom is -0.497 e. The molecule has 11 heteroatoms. The first-order valence-electron chi connectivity index (χ1n) is 10.1. The topological polar surface area (TPSA) is 85.2 Å². The van der Waals surface area contributed by atoms with Crippen molar-refractivity contribution in [2.45, 2.75) is 32.5 Å². The van der Waals surface area contributed by atoms with E-state index in [0.29, 0.717) is 17.0 Å². The van der Waals surface area contributed by atoms with Crippen LogP contribution in [0.1, 0.15) is 36.2 Å². The number of ether oxygens (including phenoxy) is 1. The molecule has 1 heterocycles. The number of rotatable bonds is 7. The van der Waals surface area contributed by atoms with Crippen LogP contribution in [0.15, 0.2) is 48.5 Å². The summed E-state index contributed by atoms with van der Waals surface area (Å²) >= 11 is 6.15. The average Bonchev–Trinajstić information content (AvgIpc) is 3.12. The Morgan fingerprint density at radius 3 is 2.41 bits per heavy atom. The summed E-state index contributed by atoms with van der Waals surface area (Å²) in [5.41, 5.74) is 0.199. The second-order valence-electron chi connectivity index (χ2n) is 7.53. The number of aromatic nitrogens is 2. The molecule has 3 rings (SSSR count). The van der Waals surface area contributed by atoms with E-state index in [-0.39, 0.29) is 28.9 Å². The van der Waals surface area contributed by atoms with Gasteiger partial charge in [-0.3, -0.25) is 9.59 Å². The minimum absolute atomic E-state index is 0.0287. The molecule has 180 valence electrons. The van der Waals surface area contributed by atoms with E-state index in [0.717, 1.165) is 22.9 Å². The maximum absolute atomic E-state index is 13.2. The van der Waals surface area contributed by atoms with Crippen LogP contribution in [0.3, 0.4) is 0 Å². The van der Waals surface area contributed by atoms with Crippen LogP contribution in [0.4, 0.5) is 19.0 Å². The zero-order chi connectivity index (χ0) is 25.0. The SMILES string of the molecule is COc1ccc(C(CC(=O)Nc2cc(C)nn2-c2cc(C(F)(F)F)ccc2Cl)NC(C)=O)cc1. The molecule has 0 aliphatic heterocycles. The van der Waals surface area contributed by atoms with Gasteiger partial charge in [0.25, 0.3) is 0 Å². The minimum atomic E-state index is -4.57. The van der Waals surface area contributed by atoms with E-state index < -0.39 is 23.7 Å². The largest absolute Gasteiger partial charge is 0.497 e. The van der Waals surface area contributed by atoms with Gasteiger partial charge in [-0.15, -0.1) is 0 Å². The number of benzene rings is 2. The Kier molecular flexibility index (Phi) is 7.51. The van der Waals surface area contributed by atoms with E-state index in [2.05, 4.69) is 15.7 Å². The average molecular weight is 495 g/mol. The maximum atomic E-state index is 13.2. The smallest absolute Gasteiger partial charge is 0.416 e. The van der Waals surface area contributed by atoms with Gasteiger partial charge in [0.15, 0.2) is 0 Å². The molecular formula is C23H22ClF3N4O3. The Morgan fingerprint density at radius 1 is 1.15 bits per heavy atom. The molecule has 1 atom stereocenters. The number of alkyl halides is 3. The van der Waals surface area contributed by atoms with Gasteiger partial charge in [0, 0.05) is 13.0 Å². The van der Waals surface area contributed by atoms with Crippen molar-refractivity contribution in [2.75, 3.05) is 12.4 Å². The van der Waals surface area contributed by atoms with Gasteiger partial charge in [0.1, 0.15) is 11.6 Å². The van der Waals surface area contributed by atoms with Gasteiger partial charge in [0.05, 0.1) is 41.5 Å². The number of halogens is 4. The zero-order valence-electron chi connectivity index (χ0n) is 18.5. The molecule has 0 fully saturated rings. The third kappa shape index (κ3) is 6.07. The van der Waals surface area contributed by atoms with Crippen LogP contribution < -0.4 is 15.4 Å². The summed E-state index contributed by atoms with van der Waals surface area (Å²) in [6.07, 6.45) is -4.71. The summed E-state index contributed by atoms with van der Waals surface area (Å²) in [6, 6.07) is 10.6. The Hall–Kier alpha value is -3.53. The van der Waals surface area contributed by atoms with Crippen molar-refractivity contribution in [3.05, 3.63) is 70.4 Å². The normalized spacial score (nSPS) is 12.2. The van der Waals surface area contributed by atoms with Crippen molar-refractivity contribution in [1.82, 2.24) is 15.1 Å². The summed E-state index contributed by atoms with van der Waals surface area (Å²) in [7, 11) is 1.52. The molecule has 2 N–H and O–H groups in total. The van der Waals surface area contributed by atoms with Crippen LogP contribution >= 0.6 is 11.6 Å². The van der Waals surface area contributed by atoms with E-state index >= 15 is 0 Å². The quantitative estimate of drug-likeness (QED) is 0.480. The number of nitrogens with zero attached hydrogens (tertiary/aromatic N) is 2. The van der Waals surface area contributed by atoms with E-state index in [1.807, 2.05) is 0 Å². The summed E-state index contributed by atoms with van der Waals surface area (Å²) in [4.78, 5) is 24.6. The number of carbonyl (C=O) groups excluding carboxylic acids is 2. The molecule has 7 nitrogen and oxygen atoms in total. The van der Waals surface area contributed by atoms with Gasteiger partial charge >= 0.3 is 6.18 Å². The van der Waals surface area contributed by atoms with Crippen LogP contribution in [-0.2, 0) is 15.8 Å². The van der Waals surface area contributed by atoms with Crippen molar-refractivity contribution in [3.8, 4) is 11.4 Å². The van der Waals surface area contributed by atoms with Crippen molar-refractivity contribution in [1.29, 1.82) is 0 Å². The molecule has 0 bridgehead atoms. The molecule has 1 unspecified atom stereocenters. The molecule has 2 amide bonds. The van der Waals surface area contributed by atoms with Crippen LogP contribution in [0, 0.1) is 6.92 Å². The van der Waals surface area contributed by atoms with Crippen LogP contribution in [-0.4, -0.2) is 28.7 Å². The lowest BCUT2D eigenvalue weighted by molar-refractivity contribution is -0.137. The lowest BCUT2D eigenvalue weighted by Gasteiger charge is -2.19. The number of aryl methyl sites for hydroxylation is 1. The predicted molar refractivity (Wildman–Crippen MR) is 121 cm³/mol. The third-order valence-electron chi connectivity index (χ3n) is 4.89. The Bertz CT molecular complexity index is 1190. The number of amides is 2. The molecule has 0 saturated carbocycles. The number of carbonyl (C=O) groups is 2. The van der Waals surface area contributed by atoms with Crippen molar-refractivity contribution in [2.24, 2.45) is 0 Å². The standard InChI is InChI=1S/C23H22ClF3N4O3/c1-13-10-21(31(30-13)20-11-16(23(25,26)27)6-9-18(20)24)29-22(33)12-19(28-14(2)32)15-4-7-17(34-3)8-5-15/h4-11,19H,12H2,1-3H3,(H,28,32)(H,29,33). The van der Waals surface area contributed by atoms with Gasteiger partial charge in [-0.25, -0.2) is 4.68 Å². The maximum Gasteiger partial charge on any atom is 0.416 e. The molecule has 3 aromatic rings. The Balaban J connectivity index is 1.87. The molecule has 2 aromatic carbocycles. The number of nitrogens with one attached hydrogen (secondary N) is 2. The third-order valence-corrected chi connectivity index (χ3v) is 5.21. The second kappa shape index (κ2) is 10.2. The summed E-state index contributed by atoms with van der Waals surface area (Å²) in [5.74, 6) is -0.0591. The van der Waals surface area contributed by atoms with Crippen molar-refractivity contribution < 1.29 is 27.5 Å². The Morgan fingerprint density at radius 2 is 1.82 bits per heavy atom. The number of hydrogen-bond acceptors (Lipinski definition) is 4. The summed E-state index contributed by atoms with van der Waals surface area (Å²) in [5, 5.41) is 9.60. The second-order valence-corrected chi connectivity index (χ2v) is 7.93. The highest BCUT2D eigenvalue weighted by molar-refractivity contribution is 6.32. The monoisotopic (exact) mass is 494 g/mol. The van der Waals surface area contributed by atoms with Crippen LogP contribution in [0.2, 0.25) is 5.02 Å². The summed E-state index contributed by atoms with van der Waals surface area (Å²) < 4.78 is 45.9. The highest BCUT2D eigenvalue weighted by atomic mass is 35.5. The number of anilines is 1. The van der Waals surface area contributed by atoms with Gasteiger partial charge < -0.3 is 15.4 Å². The van der Waals surface area contributed by atoms with Gasteiger partial charge in [-0.2, -0.15) is 18.3 Å². The predicted octanol–water partition coefficient (Wildman–Crippen LogP) is 5.07. The number of hydrogen-bond donors (Lipinski definition) is 2. The lowest BCUT2D eigenvalue weighted by Crippen LogP contribution is -2.30. The van der Waals surface area contributed by atoms with E-state index in [1.165, 1.54) is 20.1 Å². The fraction of sp³-hybridized carbons (Fsp3) is 0.261. The van der Waals surface area contributed by atoms with Gasteiger partial charge in [-0.1, -0.05) is 23.7 Å². The first-order valence-corrected chi connectivity index (χ1v) is 10.5. The first kappa shape index (κ1) is 25.1. The number of methoxy groups -OCH3 is 1. The Labute approximate surface area is 198 Å².